The number of rotatable bonds is 4. The van der Waals surface area contributed by atoms with Gasteiger partial charge in [-0.05, 0) is 19.1 Å². The summed E-state index contributed by atoms with van der Waals surface area (Å²) in [5, 5.41) is 1.04. The number of alkyl halides is 1. The number of pyridine rings is 1. The predicted octanol–water partition coefficient (Wildman–Crippen LogP) is 2.94. The Bertz CT molecular complexity index is 556. The number of para-hydroxylation sites is 1. The van der Waals surface area contributed by atoms with E-state index in [1.807, 2.05) is 37.3 Å². The average molecular weight is 263 g/mol. The molecule has 4 heteroatoms. The molecule has 1 heterocycles. The van der Waals surface area contributed by atoms with E-state index in [9.17, 15) is 4.79 Å². The molecule has 1 aromatic heterocycles. The van der Waals surface area contributed by atoms with Gasteiger partial charge in [0.25, 0.3) is 5.91 Å². The number of halogens is 1. The van der Waals surface area contributed by atoms with Gasteiger partial charge in [-0.3, -0.25) is 4.79 Å². The molecule has 0 aliphatic carbocycles. The number of benzene rings is 1. The molecule has 0 spiro atoms. The maximum atomic E-state index is 12.2. The fourth-order valence-corrected chi connectivity index (χ4v) is 2.06. The highest BCUT2D eigenvalue weighted by molar-refractivity contribution is 6.18. The Balaban J connectivity index is 2.32. The number of hydrogen-bond donors (Lipinski definition) is 0. The van der Waals surface area contributed by atoms with Gasteiger partial charge in [-0.2, -0.15) is 0 Å². The van der Waals surface area contributed by atoms with Crippen molar-refractivity contribution in [1.82, 2.24) is 9.88 Å². The molecule has 3 nitrogen and oxygen atoms in total. The molecule has 0 aliphatic rings. The summed E-state index contributed by atoms with van der Waals surface area (Å²) in [6.07, 6.45) is 0. The Kier molecular flexibility index (Phi) is 4.15. The van der Waals surface area contributed by atoms with Gasteiger partial charge in [-0.25, -0.2) is 4.98 Å². The number of amides is 1. The van der Waals surface area contributed by atoms with Crippen LogP contribution in [0.1, 0.15) is 17.4 Å². The number of fused-ring (bicyclic) bond motifs is 1. The first-order valence-corrected chi connectivity index (χ1v) is 6.50. The van der Waals surface area contributed by atoms with Crippen molar-refractivity contribution in [2.45, 2.75) is 6.92 Å². The molecule has 1 aromatic carbocycles. The third-order valence-corrected chi connectivity index (χ3v) is 3.01. The lowest BCUT2D eigenvalue weighted by Gasteiger charge is -2.19. The van der Waals surface area contributed by atoms with Crippen molar-refractivity contribution in [2.24, 2.45) is 0 Å². The molecule has 0 saturated carbocycles. The number of nitrogens with zero attached hydrogens (tertiary/aromatic N) is 2. The van der Waals surface area contributed by atoms with Crippen LogP contribution in [0.4, 0.5) is 0 Å². The molecule has 0 unspecified atom stereocenters. The molecule has 2 rings (SSSR count). The van der Waals surface area contributed by atoms with Crippen molar-refractivity contribution in [3.63, 3.8) is 0 Å². The van der Waals surface area contributed by atoms with Gasteiger partial charge < -0.3 is 4.90 Å². The van der Waals surface area contributed by atoms with Gasteiger partial charge in [0.2, 0.25) is 0 Å². The van der Waals surface area contributed by atoms with Crippen molar-refractivity contribution in [3.05, 3.63) is 42.1 Å². The summed E-state index contributed by atoms with van der Waals surface area (Å²) in [5.41, 5.74) is 1.31. The largest absolute Gasteiger partial charge is 0.336 e. The Morgan fingerprint density at radius 2 is 2.06 bits per heavy atom. The minimum Gasteiger partial charge on any atom is -0.336 e. The monoisotopic (exact) mass is 262 g/mol. The van der Waals surface area contributed by atoms with E-state index in [0.717, 1.165) is 10.9 Å². The van der Waals surface area contributed by atoms with E-state index < -0.39 is 0 Å². The molecule has 0 aliphatic heterocycles. The van der Waals surface area contributed by atoms with Gasteiger partial charge in [0.15, 0.2) is 0 Å². The third-order valence-electron chi connectivity index (χ3n) is 2.84. The summed E-state index contributed by atoms with van der Waals surface area (Å²) in [5.74, 6) is 0.372. The van der Waals surface area contributed by atoms with Gasteiger partial charge in [-0.15, -0.1) is 11.6 Å². The quantitative estimate of drug-likeness (QED) is 0.794. The van der Waals surface area contributed by atoms with Crippen LogP contribution in [0.2, 0.25) is 0 Å². The maximum Gasteiger partial charge on any atom is 0.272 e. The van der Waals surface area contributed by atoms with Crippen LogP contribution in [0, 0.1) is 0 Å². The van der Waals surface area contributed by atoms with Crippen LogP contribution in [0.25, 0.3) is 10.9 Å². The number of carbonyl (C=O) groups is 1. The van der Waals surface area contributed by atoms with E-state index in [4.69, 9.17) is 11.6 Å². The van der Waals surface area contributed by atoms with Crippen LogP contribution in [-0.4, -0.2) is 34.8 Å². The fourth-order valence-electron chi connectivity index (χ4n) is 1.85. The first-order valence-electron chi connectivity index (χ1n) is 5.97. The minimum absolute atomic E-state index is 0.0658. The highest BCUT2D eigenvalue weighted by atomic mass is 35.5. The smallest absolute Gasteiger partial charge is 0.272 e. The van der Waals surface area contributed by atoms with E-state index in [-0.39, 0.29) is 5.91 Å². The average Bonchev–Trinajstić information content (AvgIpc) is 2.43. The van der Waals surface area contributed by atoms with Crippen molar-refractivity contribution in [2.75, 3.05) is 19.0 Å². The van der Waals surface area contributed by atoms with Crippen molar-refractivity contribution in [3.8, 4) is 0 Å². The molecular formula is C14H15ClN2O. The summed E-state index contributed by atoms with van der Waals surface area (Å²) in [6, 6.07) is 11.4. The second kappa shape index (κ2) is 5.83. The maximum absolute atomic E-state index is 12.2. The number of hydrogen-bond acceptors (Lipinski definition) is 2. The molecule has 0 bridgehead atoms. The van der Waals surface area contributed by atoms with Crippen LogP contribution in [0.3, 0.4) is 0 Å². The second-order valence-corrected chi connectivity index (χ2v) is 4.34. The topological polar surface area (TPSA) is 33.2 Å². The molecule has 1 amide bonds. The van der Waals surface area contributed by atoms with E-state index in [1.54, 1.807) is 11.0 Å². The lowest BCUT2D eigenvalue weighted by Crippen LogP contribution is -2.33. The van der Waals surface area contributed by atoms with Crippen molar-refractivity contribution >= 4 is 28.4 Å². The Morgan fingerprint density at radius 1 is 1.28 bits per heavy atom. The number of carbonyl (C=O) groups excluding carboxylic acids is 1. The molecule has 0 N–H and O–H groups in total. The molecule has 94 valence electrons. The normalized spacial score (nSPS) is 10.6. The molecule has 0 saturated heterocycles. The molecule has 0 radical (unpaired) electrons. The van der Waals surface area contributed by atoms with Gasteiger partial charge in [0.1, 0.15) is 5.69 Å². The summed E-state index contributed by atoms with van der Waals surface area (Å²) in [6.45, 7) is 3.12. The highest BCUT2D eigenvalue weighted by Crippen LogP contribution is 2.13. The minimum atomic E-state index is -0.0658. The summed E-state index contributed by atoms with van der Waals surface area (Å²) < 4.78 is 0. The first-order chi connectivity index (χ1) is 8.76. The van der Waals surface area contributed by atoms with Crippen LogP contribution in [-0.2, 0) is 0 Å². The van der Waals surface area contributed by atoms with Crippen molar-refractivity contribution in [1.29, 1.82) is 0 Å². The zero-order valence-corrected chi connectivity index (χ0v) is 11.0. The Hall–Kier alpha value is -1.61. The third kappa shape index (κ3) is 2.62. The van der Waals surface area contributed by atoms with Gasteiger partial charge in [-0.1, -0.05) is 24.3 Å². The molecule has 0 atom stereocenters. The SMILES string of the molecule is CCN(CCCl)C(=O)c1ccc2ccccc2n1. The van der Waals surface area contributed by atoms with Gasteiger partial charge in [0, 0.05) is 24.4 Å². The van der Waals surface area contributed by atoms with E-state index in [1.165, 1.54) is 0 Å². The molecule has 18 heavy (non-hydrogen) atoms. The second-order valence-electron chi connectivity index (χ2n) is 3.96. The fraction of sp³-hybridized carbons (Fsp3) is 0.286. The van der Waals surface area contributed by atoms with Crippen LogP contribution >= 0.6 is 11.6 Å². The van der Waals surface area contributed by atoms with Gasteiger partial charge >= 0.3 is 0 Å². The summed E-state index contributed by atoms with van der Waals surface area (Å²) in [7, 11) is 0. The zero-order chi connectivity index (χ0) is 13.0. The van der Waals surface area contributed by atoms with Crippen LogP contribution in [0.5, 0.6) is 0 Å². The lowest BCUT2D eigenvalue weighted by atomic mass is 10.2. The Labute approximate surface area is 111 Å². The first kappa shape index (κ1) is 12.8. The lowest BCUT2D eigenvalue weighted by molar-refractivity contribution is 0.0768. The predicted molar refractivity (Wildman–Crippen MR) is 74.0 cm³/mol. The van der Waals surface area contributed by atoms with Crippen LogP contribution < -0.4 is 0 Å². The van der Waals surface area contributed by atoms with Crippen molar-refractivity contribution < 1.29 is 4.79 Å². The molecule has 2 aromatic rings. The molecular weight excluding hydrogens is 248 g/mol. The standard InChI is InChI=1S/C14H15ClN2O/c1-2-17(10-9-15)14(18)13-8-7-11-5-3-4-6-12(11)16-13/h3-8H,2,9-10H2,1H3. The van der Waals surface area contributed by atoms with Crippen LogP contribution in [0.15, 0.2) is 36.4 Å². The van der Waals surface area contributed by atoms with E-state index in [2.05, 4.69) is 4.98 Å². The highest BCUT2D eigenvalue weighted by Gasteiger charge is 2.14. The molecule has 0 fully saturated rings. The summed E-state index contributed by atoms with van der Waals surface area (Å²) >= 11 is 5.69. The summed E-state index contributed by atoms with van der Waals surface area (Å²) in [4.78, 5) is 18.3. The van der Waals surface area contributed by atoms with E-state index >= 15 is 0 Å². The van der Waals surface area contributed by atoms with Gasteiger partial charge in [0.05, 0.1) is 5.52 Å². The Morgan fingerprint density at radius 3 is 2.78 bits per heavy atom. The van der Waals surface area contributed by atoms with E-state index in [0.29, 0.717) is 24.7 Å². The number of aromatic nitrogens is 1. The zero-order valence-electron chi connectivity index (χ0n) is 10.3.